The topological polar surface area (TPSA) is 169 Å². The molecule has 2 heterocycles. The smallest absolute Gasteiger partial charge is 0.187 e. The minimum Gasteiger partial charge on any atom is -0.394 e. The van der Waals surface area contributed by atoms with Gasteiger partial charge in [-0.3, -0.25) is 0 Å². The molecule has 2 aliphatic heterocycles. The van der Waals surface area contributed by atoms with Crippen LogP contribution in [0.15, 0.2) is 0 Å². The van der Waals surface area contributed by atoms with Gasteiger partial charge in [-0.25, -0.2) is 0 Å². The van der Waals surface area contributed by atoms with Crippen molar-refractivity contribution < 1.29 is 50.0 Å². The number of ether oxygens (including phenoxy) is 3. The van der Waals surface area contributed by atoms with Gasteiger partial charge in [-0.2, -0.15) is 0 Å². The molecule has 0 bridgehead atoms. The fourth-order valence-corrected chi connectivity index (χ4v) is 2.50. The standard InChI is InChI=1S/C12H22O10/c1-3-5(14)7(16)9(18)12(20-3)22-10-8(17)6(15)4(2-13)21-11(10)19/h3-19H,2H2,1H3/t3-,4+,5+,6-,7+,8-,9+,10-,11+,12+/m1/s1. The average Bonchev–Trinajstić information content (AvgIpc) is 2.49. The zero-order chi connectivity index (χ0) is 16.6. The summed E-state index contributed by atoms with van der Waals surface area (Å²) < 4.78 is 15.3. The Morgan fingerprint density at radius 1 is 0.818 bits per heavy atom. The Morgan fingerprint density at radius 3 is 2.05 bits per heavy atom. The van der Waals surface area contributed by atoms with Crippen LogP contribution in [0.3, 0.4) is 0 Å². The first kappa shape index (κ1) is 17.9. The van der Waals surface area contributed by atoms with Crippen molar-refractivity contribution in [1.29, 1.82) is 0 Å². The van der Waals surface area contributed by atoms with Gasteiger partial charge in [0.1, 0.15) is 42.7 Å². The van der Waals surface area contributed by atoms with Gasteiger partial charge in [0.2, 0.25) is 0 Å². The molecule has 2 aliphatic rings. The summed E-state index contributed by atoms with van der Waals surface area (Å²) in [6.45, 7) is 0.823. The predicted octanol–water partition coefficient (Wildman–Crippen LogP) is -4.37. The molecular formula is C12H22O10. The Balaban J connectivity index is 2.06. The highest BCUT2D eigenvalue weighted by Gasteiger charge is 2.49. The molecule has 0 saturated carbocycles. The number of aliphatic hydroxyl groups excluding tert-OH is 7. The van der Waals surface area contributed by atoms with Crippen LogP contribution in [0.25, 0.3) is 0 Å². The molecule has 10 nitrogen and oxygen atoms in total. The monoisotopic (exact) mass is 326 g/mol. The molecule has 7 N–H and O–H groups in total. The summed E-state index contributed by atoms with van der Waals surface area (Å²) >= 11 is 0. The van der Waals surface area contributed by atoms with E-state index in [0.717, 1.165) is 0 Å². The minimum absolute atomic E-state index is 0.619. The molecule has 2 fully saturated rings. The van der Waals surface area contributed by atoms with Gasteiger partial charge in [0.05, 0.1) is 12.7 Å². The van der Waals surface area contributed by atoms with Gasteiger partial charge in [-0.1, -0.05) is 0 Å². The van der Waals surface area contributed by atoms with Crippen molar-refractivity contribution in [2.24, 2.45) is 0 Å². The molecule has 0 amide bonds. The molecule has 0 spiro atoms. The fraction of sp³-hybridized carbons (Fsp3) is 1.00. The maximum absolute atomic E-state index is 9.93. The maximum atomic E-state index is 9.93. The molecule has 0 radical (unpaired) electrons. The predicted molar refractivity (Wildman–Crippen MR) is 67.2 cm³/mol. The number of aliphatic hydroxyl groups is 7. The van der Waals surface area contributed by atoms with Crippen molar-refractivity contribution in [1.82, 2.24) is 0 Å². The van der Waals surface area contributed by atoms with E-state index in [0.29, 0.717) is 0 Å². The average molecular weight is 326 g/mol. The molecular weight excluding hydrogens is 304 g/mol. The molecule has 0 aliphatic carbocycles. The Kier molecular flexibility index (Phi) is 5.72. The van der Waals surface area contributed by atoms with E-state index in [1.54, 1.807) is 0 Å². The Morgan fingerprint density at radius 2 is 1.45 bits per heavy atom. The van der Waals surface area contributed by atoms with Crippen LogP contribution in [0.2, 0.25) is 0 Å². The quantitative estimate of drug-likeness (QED) is 0.269. The van der Waals surface area contributed by atoms with E-state index in [1.807, 2.05) is 0 Å². The molecule has 10 atom stereocenters. The van der Waals surface area contributed by atoms with Gasteiger partial charge in [-0.05, 0) is 6.92 Å². The lowest BCUT2D eigenvalue weighted by molar-refractivity contribution is -0.358. The van der Waals surface area contributed by atoms with Crippen molar-refractivity contribution in [3.63, 3.8) is 0 Å². The normalized spacial score (nSPS) is 53.5. The van der Waals surface area contributed by atoms with Crippen molar-refractivity contribution in [3.05, 3.63) is 0 Å². The maximum Gasteiger partial charge on any atom is 0.187 e. The van der Waals surface area contributed by atoms with Crippen molar-refractivity contribution in [2.75, 3.05) is 6.61 Å². The first-order chi connectivity index (χ1) is 10.3. The van der Waals surface area contributed by atoms with Crippen molar-refractivity contribution >= 4 is 0 Å². The summed E-state index contributed by atoms with van der Waals surface area (Å²) in [4.78, 5) is 0. The van der Waals surface area contributed by atoms with Crippen LogP contribution in [0.5, 0.6) is 0 Å². The van der Waals surface area contributed by atoms with E-state index in [1.165, 1.54) is 6.92 Å². The van der Waals surface area contributed by atoms with Crippen molar-refractivity contribution in [2.45, 2.75) is 68.3 Å². The highest BCUT2D eigenvalue weighted by Crippen LogP contribution is 2.28. The van der Waals surface area contributed by atoms with Crippen molar-refractivity contribution in [3.8, 4) is 0 Å². The van der Waals surface area contributed by atoms with Crippen LogP contribution >= 0.6 is 0 Å². The van der Waals surface area contributed by atoms with E-state index >= 15 is 0 Å². The first-order valence-electron chi connectivity index (χ1n) is 6.93. The summed E-state index contributed by atoms with van der Waals surface area (Å²) in [5, 5.41) is 67.5. The lowest BCUT2D eigenvalue weighted by Crippen LogP contribution is -2.63. The summed E-state index contributed by atoms with van der Waals surface area (Å²) in [5.41, 5.74) is 0. The zero-order valence-corrected chi connectivity index (χ0v) is 11.8. The van der Waals surface area contributed by atoms with E-state index in [-0.39, 0.29) is 0 Å². The molecule has 130 valence electrons. The third-order valence-corrected chi connectivity index (χ3v) is 3.94. The van der Waals surface area contributed by atoms with Gasteiger partial charge in [0, 0.05) is 0 Å². The SMILES string of the molecule is C[C@H]1O[C@@H](O[C@@H]2[C@H](O)[C@H](O)[C@H](CO)O[C@@H]2O)[C@@H](O)[C@@H](O)[C@H]1O. The number of hydrogen-bond donors (Lipinski definition) is 7. The van der Waals surface area contributed by atoms with E-state index in [4.69, 9.17) is 19.3 Å². The highest BCUT2D eigenvalue weighted by atomic mass is 16.7. The fourth-order valence-electron chi connectivity index (χ4n) is 2.50. The van der Waals surface area contributed by atoms with E-state index in [9.17, 15) is 30.6 Å². The van der Waals surface area contributed by atoms with Gasteiger partial charge < -0.3 is 50.0 Å². The van der Waals surface area contributed by atoms with Crippen LogP contribution in [0.4, 0.5) is 0 Å². The Bertz CT molecular complexity index is 368. The molecule has 0 unspecified atom stereocenters. The molecule has 10 heteroatoms. The lowest BCUT2D eigenvalue weighted by atomic mass is 9.97. The number of rotatable bonds is 3. The van der Waals surface area contributed by atoms with Gasteiger partial charge in [0.15, 0.2) is 12.6 Å². The summed E-state index contributed by atoms with van der Waals surface area (Å²) in [6, 6.07) is 0. The molecule has 2 rings (SSSR count). The Labute approximate surface area is 126 Å². The number of hydrogen-bond acceptors (Lipinski definition) is 10. The summed E-state index contributed by atoms with van der Waals surface area (Å²) in [5.74, 6) is 0. The Hall–Kier alpha value is -0.400. The highest BCUT2D eigenvalue weighted by molar-refractivity contribution is 4.92. The largest absolute Gasteiger partial charge is 0.394 e. The molecule has 2 saturated heterocycles. The first-order valence-corrected chi connectivity index (χ1v) is 6.93. The van der Waals surface area contributed by atoms with E-state index in [2.05, 4.69) is 0 Å². The second-order valence-electron chi connectivity index (χ2n) is 5.51. The summed E-state index contributed by atoms with van der Waals surface area (Å²) in [6.07, 6.45) is -14.3. The lowest BCUT2D eigenvalue weighted by Gasteiger charge is -2.44. The molecule has 0 aromatic carbocycles. The van der Waals surface area contributed by atoms with Gasteiger partial charge >= 0.3 is 0 Å². The van der Waals surface area contributed by atoms with Crippen LogP contribution in [-0.4, -0.2) is 104 Å². The van der Waals surface area contributed by atoms with Crippen LogP contribution in [0, 0.1) is 0 Å². The third-order valence-electron chi connectivity index (χ3n) is 3.94. The summed E-state index contributed by atoms with van der Waals surface area (Å²) in [7, 11) is 0. The van der Waals surface area contributed by atoms with Gasteiger partial charge in [0.25, 0.3) is 0 Å². The third kappa shape index (κ3) is 3.26. The second-order valence-corrected chi connectivity index (χ2v) is 5.51. The van der Waals surface area contributed by atoms with Crippen LogP contribution < -0.4 is 0 Å². The molecule has 22 heavy (non-hydrogen) atoms. The van der Waals surface area contributed by atoms with Crippen LogP contribution in [-0.2, 0) is 14.2 Å². The van der Waals surface area contributed by atoms with Gasteiger partial charge in [-0.15, -0.1) is 0 Å². The molecule has 0 aromatic rings. The molecule has 0 aromatic heterocycles. The van der Waals surface area contributed by atoms with Crippen LogP contribution in [0.1, 0.15) is 6.92 Å². The minimum atomic E-state index is -1.69. The van der Waals surface area contributed by atoms with E-state index < -0.39 is 68.0 Å². The zero-order valence-electron chi connectivity index (χ0n) is 11.8. The second kappa shape index (κ2) is 7.01.